The highest BCUT2D eigenvalue weighted by atomic mass is 32.2. The number of hydrogen-bond donors (Lipinski definition) is 1. The maximum absolute atomic E-state index is 13.8. The Morgan fingerprint density at radius 2 is 1.50 bits per heavy atom. The summed E-state index contributed by atoms with van der Waals surface area (Å²) in [5.41, 5.74) is -0.885. The highest BCUT2D eigenvalue weighted by Gasteiger charge is 2.37. The number of carbonyl (C=O) groups is 1. The highest BCUT2D eigenvalue weighted by Crippen LogP contribution is 2.51. The first-order valence-corrected chi connectivity index (χ1v) is 12.5. The third-order valence-electron chi connectivity index (χ3n) is 4.46. The molecule has 34 heavy (non-hydrogen) atoms. The van der Waals surface area contributed by atoms with Crippen molar-refractivity contribution in [1.82, 2.24) is 4.31 Å². The predicted octanol–water partition coefficient (Wildman–Crippen LogP) is 6.80. The SMILES string of the molecule is CC(C(=O)O)N(CP(=O)(Oc1ccccc1)Oc1ccccc1)Sc1cccc(C(F)(F)F)c1. The summed E-state index contributed by atoms with van der Waals surface area (Å²) in [5, 5.41) is 9.58. The van der Waals surface area contributed by atoms with E-state index in [9.17, 15) is 27.6 Å². The van der Waals surface area contributed by atoms with Gasteiger partial charge in [-0.2, -0.15) is 13.2 Å². The van der Waals surface area contributed by atoms with Crippen LogP contribution in [0.3, 0.4) is 0 Å². The van der Waals surface area contributed by atoms with Crippen molar-refractivity contribution in [2.75, 3.05) is 6.29 Å². The summed E-state index contributed by atoms with van der Waals surface area (Å²) in [7, 11) is -4.07. The second kappa shape index (κ2) is 11.0. The van der Waals surface area contributed by atoms with Crippen LogP contribution in [-0.4, -0.2) is 27.7 Å². The fourth-order valence-corrected chi connectivity index (χ4v) is 5.87. The van der Waals surface area contributed by atoms with E-state index in [1.165, 1.54) is 23.4 Å². The number of alkyl halides is 3. The van der Waals surface area contributed by atoms with Gasteiger partial charge in [0.1, 0.15) is 23.8 Å². The van der Waals surface area contributed by atoms with Gasteiger partial charge in [-0.3, -0.25) is 4.79 Å². The molecule has 0 aliphatic heterocycles. The summed E-state index contributed by atoms with van der Waals surface area (Å²) in [6.07, 6.45) is -5.09. The number of halogens is 3. The number of hydrogen-bond acceptors (Lipinski definition) is 6. The molecule has 0 radical (unpaired) electrons. The third kappa shape index (κ3) is 7.28. The van der Waals surface area contributed by atoms with Crippen LogP contribution in [0.5, 0.6) is 11.5 Å². The average molecular weight is 511 g/mol. The van der Waals surface area contributed by atoms with Crippen molar-refractivity contribution in [3.05, 3.63) is 90.5 Å². The van der Waals surface area contributed by atoms with Crippen LogP contribution in [0.4, 0.5) is 13.2 Å². The van der Waals surface area contributed by atoms with E-state index in [-0.39, 0.29) is 16.4 Å². The Hall–Kier alpha value is -2.94. The molecule has 1 atom stereocenters. The minimum atomic E-state index is -4.57. The summed E-state index contributed by atoms with van der Waals surface area (Å²) in [6.45, 7) is 1.33. The molecule has 0 amide bonds. The lowest BCUT2D eigenvalue weighted by molar-refractivity contribution is -0.140. The third-order valence-corrected chi connectivity index (χ3v) is 7.43. The number of carboxylic acid groups (broad SMARTS) is 1. The van der Waals surface area contributed by atoms with E-state index >= 15 is 0 Å². The van der Waals surface area contributed by atoms with Gasteiger partial charge in [0, 0.05) is 4.90 Å². The molecule has 0 saturated heterocycles. The molecule has 0 aromatic heterocycles. The van der Waals surface area contributed by atoms with E-state index < -0.39 is 37.6 Å². The second-order valence-electron chi connectivity index (χ2n) is 7.11. The standard InChI is InChI=1S/C23H21F3NO5PS/c1-17(22(28)29)27(34-21-14-8-9-18(15-21)23(24,25)26)16-33(30,31-19-10-4-2-5-11-19)32-20-12-6-3-7-13-20/h2-15,17H,16H2,1H3,(H,28,29). The number of benzene rings is 3. The van der Waals surface area contributed by atoms with Crippen molar-refractivity contribution in [1.29, 1.82) is 0 Å². The number of nitrogens with zero attached hydrogens (tertiary/aromatic N) is 1. The smallest absolute Gasteiger partial charge is 0.445 e. The van der Waals surface area contributed by atoms with Crippen LogP contribution >= 0.6 is 19.5 Å². The van der Waals surface area contributed by atoms with Gasteiger partial charge in [0.25, 0.3) is 0 Å². The lowest BCUT2D eigenvalue weighted by Gasteiger charge is -2.29. The molecular weight excluding hydrogens is 490 g/mol. The molecular formula is C23H21F3NO5PS. The van der Waals surface area contributed by atoms with E-state index in [0.717, 1.165) is 24.1 Å². The van der Waals surface area contributed by atoms with E-state index in [2.05, 4.69) is 0 Å². The van der Waals surface area contributed by atoms with Crippen LogP contribution in [-0.2, 0) is 15.5 Å². The van der Waals surface area contributed by atoms with Gasteiger partial charge in [-0.1, -0.05) is 42.5 Å². The van der Waals surface area contributed by atoms with E-state index in [4.69, 9.17) is 9.05 Å². The lowest BCUT2D eigenvalue weighted by atomic mass is 10.2. The van der Waals surface area contributed by atoms with Gasteiger partial charge >= 0.3 is 19.7 Å². The van der Waals surface area contributed by atoms with Crippen LogP contribution in [0.15, 0.2) is 89.8 Å². The zero-order valence-corrected chi connectivity index (χ0v) is 19.6. The summed E-state index contributed by atoms with van der Waals surface area (Å²) in [6, 6.07) is 19.6. The second-order valence-corrected chi connectivity index (χ2v) is 10.1. The Kier molecular flexibility index (Phi) is 8.30. The van der Waals surface area contributed by atoms with Crippen LogP contribution < -0.4 is 9.05 Å². The summed E-state index contributed by atoms with van der Waals surface area (Å²) >= 11 is 0.724. The quantitative estimate of drug-likeness (QED) is 0.237. The molecule has 0 bridgehead atoms. The topological polar surface area (TPSA) is 76.1 Å². The van der Waals surface area contributed by atoms with Gasteiger partial charge in [-0.05, 0) is 61.3 Å². The molecule has 3 rings (SSSR count). The van der Waals surface area contributed by atoms with E-state index in [0.29, 0.717) is 0 Å². The Labute approximate surface area is 199 Å². The van der Waals surface area contributed by atoms with Gasteiger partial charge in [0.05, 0.1) is 5.56 Å². The van der Waals surface area contributed by atoms with Crippen molar-refractivity contribution >= 4 is 25.5 Å². The van der Waals surface area contributed by atoms with Crippen LogP contribution in [0, 0.1) is 0 Å². The minimum Gasteiger partial charge on any atom is -0.480 e. The van der Waals surface area contributed by atoms with Gasteiger partial charge in [-0.15, -0.1) is 0 Å². The largest absolute Gasteiger partial charge is 0.480 e. The molecule has 0 heterocycles. The zero-order valence-electron chi connectivity index (χ0n) is 17.9. The first-order chi connectivity index (χ1) is 16.1. The maximum Gasteiger partial charge on any atom is 0.445 e. The Morgan fingerprint density at radius 1 is 0.971 bits per heavy atom. The van der Waals surface area contributed by atoms with Crippen molar-refractivity contribution in [3.8, 4) is 11.5 Å². The monoisotopic (exact) mass is 511 g/mol. The van der Waals surface area contributed by atoms with Crippen molar-refractivity contribution in [3.63, 3.8) is 0 Å². The van der Waals surface area contributed by atoms with Gasteiger partial charge in [0.15, 0.2) is 0 Å². The maximum atomic E-state index is 13.8. The number of carboxylic acids is 1. The molecule has 3 aromatic carbocycles. The molecule has 0 spiro atoms. The van der Waals surface area contributed by atoms with Crippen molar-refractivity contribution < 1.29 is 36.7 Å². The minimum absolute atomic E-state index is 0.119. The van der Waals surface area contributed by atoms with E-state index in [1.54, 1.807) is 60.7 Å². The van der Waals surface area contributed by atoms with Crippen LogP contribution in [0.2, 0.25) is 0 Å². The van der Waals surface area contributed by atoms with Crippen molar-refractivity contribution in [2.45, 2.75) is 24.0 Å². The number of aliphatic carboxylic acids is 1. The number of rotatable bonds is 10. The molecule has 3 aromatic rings. The summed E-state index contributed by atoms with van der Waals surface area (Å²) in [5.74, 6) is -0.798. The van der Waals surface area contributed by atoms with Crippen LogP contribution in [0.25, 0.3) is 0 Å². The first-order valence-electron chi connectivity index (χ1n) is 9.99. The van der Waals surface area contributed by atoms with Gasteiger partial charge < -0.3 is 14.2 Å². The normalized spacial score (nSPS) is 12.9. The average Bonchev–Trinajstić information content (AvgIpc) is 2.79. The molecule has 0 saturated carbocycles. The molecule has 180 valence electrons. The molecule has 0 aliphatic rings. The fraction of sp³-hybridized carbons (Fsp3) is 0.174. The summed E-state index contributed by atoms with van der Waals surface area (Å²) in [4.78, 5) is 11.9. The van der Waals surface area contributed by atoms with Crippen LogP contribution in [0.1, 0.15) is 12.5 Å². The van der Waals surface area contributed by atoms with Gasteiger partial charge in [0.2, 0.25) is 0 Å². The molecule has 0 fully saturated rings. The Bertz CT molecular complexity index is 1100. The van der Waals surface area contributed by atoms with E-state index in [1.807, 2.05) is 0 Å². The Balaban J connectivity index is 1.94. The molecule has 1 N–H and O–H groups in total. The highest BCUT2D eigenvalue weighted by molar-refractivity contribution is 7.97. The molecule has 11 heteroatoms. The molecule has 0 aliphatic carbocycles. The zero-order chi connectivity index (χ0) is 24.8. The Morgan fingerprint density at radius 3 is 1.97 bits per heavy atom. The van der Waals surface area contributed by atoms with Gasteiger partial charge in [-0.25, -0.2) is 8.87 Å². The fourth-order valence-electron chi connectivity index (χ4n) is 2.75. The molecule has 6 nitrogen and oxygen atoms in total. The molecule has 1 unspecified atom stereocenters. The van der Waals surface area contributed by atoms with Crippen molar-refractivity contribution in [2.24, 2.45) is 0 Å². The lowest BCUT2D eigenvalue weighted by Crippen LogP contribution is -2.35. The first kappa shape index (κ1) is 25.7. The predicted molar refractivity (Wildman–Crippen MR) is 123 cm³/mol. The number of para-hydroxylation sites is 2. The summed E-state index contributed by atoms with van der Waals surface area (Å²) < 4.78 is 65.8.